The lowest BCUT2D eigenvalue weighted by Crippen LogP contribution is -2.07. The molecule has 0 aliphatic rings. The van der Waals surface area contributed by atoms with Crippen molar-refractivity contribution < 1.29 is 17.6 Å². The van der Waals surface area contributed by atoms with E-state index in [0.717, 1.165) is 11.6 Å². The maximum atomic E-state index is 14.4. The van der Waals surface area contributed by atoms with E-state index in [1.54, 1.807) is 6.07 Å². The summed E-state index contributed by atoms with van der Waals surface area (Å²) >= 11 is 0. The number of hydrogen-bond donors (Lipinski definition) is 0. The van der Waals surface area contributed by atoms with Gasteiger partial charge in [-0.1, -0.05) is 54.6 Å². The third kappa shape index (κ3) is 3.11. The molecule has 3 aromatic rings. The molecule has 4 heteroatoms. The van der Waals surface area contributed by atoms with E-state index in [9.17, 15) is 17.6 Å². The predicted molar refractivity (Wildman–Crippen MR) is 81.1 cm³/mol. The van der Waals surface area contributed by atoms with Gasteiger partial charge in [0.1, 0.15) is 5.82 Å². The lowest BCUT2D eigenvalue weighted by molar-refractivity contribution is -0.137. The third-order valence-electron chi connectivity index (χ3n) is 3.54. The summed E-state index contributed by atoms with van der Waals surface area (Å²) in [4.78, 5) is 0. The van der Waals surface area contributed by atoms with E-state index in [1.807, 2.05) is 30.3 Å². The summed E-state index contributed by atoms with van der Waals surface area (Å²) in [6.07, 6.45) is -4.56. The van der Waals surface area contributed by atoms with Gasteiger partial charge in [-0.25, -0.2) is 4.39 Å². The van der Waals surface area contributed by atoms with Crippen LogP contribution >= 0.6 is 0 Å². The molecule has 115 valence electrons. The van der Waals surface area contributed by atoms with Crippen molar-refractivity contribution in [2.45, 2.75) is 6.18 Å². The van der Waals surface area contributed by atoms with Gasteiger partial charge in [-0.15, -0.1) is 0 Å². The van der Waals surface area contributed by atoms with Gasteiger partial charge in [0.15, 0.2) is 0 Å². The number of rotatable bonds is 2. The lowest BCUT2D eigenvalue weighted by Gasteiger charge is -2.14. The maximum Gasteiger partial charge on any atom is 0.417 e. The molecule has 0 bridgehead atoms. The van der Waals surface area contributed by atoms with Crippen LogP contribution in [0.1, 0.15) is 5.56 Å². The Hall–Kier alpha value is -2.62. The summed E-state index contributed by atoms with van der Waals surface area (Å²) in [6.45, 7) is 0. The Labute approximate surface area is 131 Å². The average molecular weight is 315 g/mol. The third-order valence-corrected chi connectivity index (χ3v) is 3.54. The summed E-state index contributed by atoms with van der Waals surface area (Å²) < 4.78 is 53.6. The normalized spacial score (nSPS) is 11.5. The number of halogens is 4. The SMILES string of the molecule is Fc1cc(-c2ccccc2)ccc1-c1cc[c]cc1C(F)(F)F. The molecule has 0 aliphatic heterocycles. The Morgan fingerprint density at radius 3 is 2.17 bits per heavy atom. The quantitative estimate of drug-likeness (QED) is 0.510. The van der Waals surface area contributed by atoms with Gasteiger partial charge in [-0.05, 0) is 34.9 Å². The topological polar surface area (TPSA) is 0 Å². The number of benzene rings is 3. The average Bonchev–Trinajstić information content (AvgIpc) is 2.55. The Morgan fingerprint density at radius 1 is 0.783 bits per heavy atom. The molecule has 0 N–H and O–H groups in total. The van der Waals surface area contributed by atoms with Crippen LogP contribution in [0.15, 0.2) is 66.7 Å². The Morgan fingerprint density at radius 2 is 1.52 bits per heavy atom. The number of alkyl halides is 3. The molecule has 0 heterocycles. The van der Waals surface area contributed by atoms with Crippen molar-refractivity contribution in [2.24, 2.45) is 0 Å². The van der Waals surface area contributed by atoms with E-state index in [-0.39, 0.29) is 11.1 Å². The summed E-state index contributed by atoms with van der Waals surface area (Å²) in [5.74, 6) is -0.692. The van der Waals surface area contributed by atoms with Gasteiger partial charge < -0.3 is 0 Å². The van der Waals surface area contributed by atoms with Crippen molar-refractivity contribution in [1.29, 1.82) is 0 Å². The van der Waals surface area contributed by atoms with Crippen LogP contribution in [0.25, 0.3) is 22.3 Å². The Kier molecular flexibility index (Phi) is 3.90. The van der Waals surface area contributed by atoms with Gasteiger partial charge >= 0.3 is 6.18 Å². The van der Waals surface area contributed by atoms with Crippen LogP contribution in [0.3, 0.4) is 0 Å². The van der Waals surface area contributed by atoms with Crippen molar-refractivity contribution >= 4 is 0 Å². The highest BCUT2D eigenvalue weighted by atomic mass is 19.4. The molecule has 0 amide bonds. The standard InChI is InChI=1S/C19H11F4/c20-18-12-14(13-6-2-1-3-7-13)10-11-16(18)15-8-4-5-9-17(15)19(21,22)23/h1-4,6-12H. The van der Waals surface area contributed by atoms with Gasteiger partial charge in [0.05, 0.1) is 5.56 Å². The van der Waals surface area contributed by atoms with Crippen LogP contribution in [0.5, 0.6) is 0 Å². The van der Waals surface area contributed by atoms with E-state index in [0.29, 0.717) is 5.56 Å². The first-order valence-electron chi connectivity index (χ1n) is 6.89. The van der Waals surface area contributed by atoms with Crippen LogP contribution in [0.4, 0.5) is 17.6 Å². The smallest absolute Gasteiger partial charge is 0.206 e. The zero-order chi connectivity index (χ0) is 16.4. The molecule has 0 fully saturated rings. The fourth-order valence-electron chi connectivity index (χ4n) is 2.44. The molecule has 3 rings (SSSR count). The van der Waals surface area contributed by atoms with E-state index in [1.165, 1.54) is 24.3 Å². The predicted octanol–water partition coefficient (Wildman–Crippen LogP) is 5.98. The van der Waals surface area contributed by atoms with Gasteiger partial charge in [0.2, 0.25) is 0 Å². The van der Waals surface area contributed by atoms with E-state index >= 15 is 0 Å². The summed E-state index contributed by atoms with van der Waals surface area (Å²) in [7, 11) is 0. The summed E-state index contributed by atoms with van der Waals surface area (Å²) in [6, 6.07) is 19.1. The minimum Gasteiger partial charge on any atom is -0.206 e. The molecule has 0 aliphatic carbocycles. The minimum atomic E-state index is -4.56. The second-order valence-corrected chi connectivity index (χ2v) is 5.03. The van der Waals surface area contributed by atoms with Crippen molar-refractivity contribution in [3.05, 3.63) is 84.2 Å². The van der Waals surface area contributed by atoms with Gasteiger partial charge in [-0.2, -0.15) is 13.2 Å². The molecule has 0 saturated heterocycles. The molecule has 0 aromatic heterocycles. The second kappa shape index (κ2) is 5.88. The highest BCUT2D eigenvalue weighted by Crippen LogP contribution is 2.38. The second-order valence-electron chi connectivity index (χ2n) is 5.03. The molecule has 0 atom stereocenters. The highest BCUT2D eigenvalue weighted by molar-refractivity contribution is 5.73. The van der Waals surface area contributed by atoms with Crippen LogP contribution < -0.4 is 0 Å². The van der Waals surface area contributed by atoms with E-state index < -0.39 is 17.6 Å². The largest absolute Gasteiger partial charge is 0.417 e. The molecular weight excluding hydrogens is 304 g/mol. The monoisotopic (exact) mass is 315 g/mol. The maximum absolute atomic E-state index is 14.4. The molecule has 0 saturated carbocycles. The first-order chi connectivity index (χ1) is 11.0. The molecule has 0 spiro atoms. The van der Waals surface area contributed by atoms with Crippen LogP contribution in [0.2, 0.25) is 0 Å². The fourth-order valence-corrected chi connectivity index (χ4v) is 2.44. The zero-order valence-corrected chi connectivity index (χ0v) is 11.9. The first-order valence-corrected chi connectivity index (χ1v) is 6.89. The Bertz CT molecular complexity index is 820. The number of hydrogen-bond acceptors (Lipinski definition) is 0. The summed E-state index contributed by atoms with van der Waals surface area (Å²) in [5, 5.41) is 0. The molecular formula is C19H11F4. The van der Waals surface area contributed by atoms with Crippen LogP contribution in [-0.2, 0) is 6.18 Å². The van der Waals surface area contributed by atoms with Gasteiger partial charge in [0, 0.05) is 5.56 Å². The lowest BCUT2D eigenvalue weighted by atomic mass is 9.96. The molecule has 0 nitrogen and oxygen atoms in total. The van der Waals surface area contributed by atoms with Crippen LogP contribution in [-0.4, -0.2) is 0 Å². The molecule has 0 unspecified atom stereocenters. The first kappa shape index (κ1) is 15.3. The van der Waals surface area contributed by atoms with Crippen LogP contribution in [0, 0.1) is 11.9 Å². The summed E-state index contributed by atoms with van der Waals surface area (Å²) in [5.41, 5.74) is 0.254. The van der Waals surface area contributed by atoms with Crippen molar-refractivity contribution in [3.8, 4) is 22.3 Å². The van der Waals surface area contributed by atoms with Gasteiger partial charge in [0.25, 0.3) is 0 Å². The van der Waals surface area contributed by atoms with Crippen molar-refractivity contribution in [2.75, 3.05) is 0 Å². The van der Waals surface area contributed by atoms with E-state index in [2.05, 4.69) is 6.07 Å². The fraction of sp³-hybridized carbons (Fsp3) is 0.0526. The van der Waals surface area contributed by atoms with Gasteiger partial charge in [-0.3, -0.25) is 0 Å². The van der Waals surface area contributed by atoms with Crippen molar-refractivity contribution in [1.82, 2.24) is 0 Å². The van der Waals surface area contributed by atoms with Crippen molar-refractivity contribution in [3.63, 3.8) is 0 Å². The zero-order valence-electron chi connectivity index (χ0n) is 11.9. The molecule has 23 heavy (non-hydrogen) atoms. The highest BCUT2D eigenvalue weighted by Gasteiger charge is 2.33. The minimum absolute atomic E-state index is 0.0778. The molecule has 3 aromatic carbocycles. The molecule has 1 radical (unpaired) electrons. The van der Waals surface area contributed by atoms with E-state index in [4.69, 9.17) is 0 Å². The Balaban J connectivity index is 2.10.